The minimum Gasteiger partial charge on any atom is -0.399 e. The predicted molar refractivity (Wildman–Crippen MR) is 113 cm³/mol. The number of halogens is 2. The highest BCUT2D eigenvalue weighted by Crippen LogP contribution is 2.33. The van der Waals surface area contributed by atoms with Crippen LogP contribution in [0.2, 0.25) is 0 Å². The molecule has 0 radical (unpaired) electrons. The van der Waals surface area contributed by atoms with E-state index >= 15 is 0 Å². The Labute approximate surface area is 167 Å². The minimum absolute atomic E-state index is 0. The molecule has 25 heavy (non-hydrogen) atoms. The lowest BCUT2D eigenvalue weighted by molar-refractivity contribution is 0.0958. The van der Waals surface area contributed by atoms with Crippen LogP contribution in [0, 0.1) is 0 Å². The topological polar surface area (TPSA) is 71.2 Å². The second kappa shape index (κ2) is 9.24. The van der Waals surface area contributed by atoms with Crippen molar-refractivity contribution < 1.29 is 4.79 Å². The highest BCUT2D eigenvalue weighted by molar-refractivity contribution is 7.29. The highest BCUT2D eigenvalue weighted by atomic mass is 35.5. The maximum atomic E-state index is 12.2. The van der Waals surface area contributed by atoms with E-state index in [9.17, 15) is 4.79 Å². The Hall–Kier alpha value is -1.54. The number of carbonyl (C=O) groups excluding carboxylic acids is 1. The van der Waals surface area contributed by atoms with Crippen LogP contribution < -0.4 is 16.0 Å². The summed E-state index contributed by atoms with van der Waals surface area (Å²) in [5, 5.41) is 3.92. The first-order valence-corrected chi connectivity index (χ1v) is 8.86. The second-order valence-electron chi connectivity index (χ2n) is 5.42. The number of thiophene rings is 1. The molecule has 3 N–H and O–H groups in total. The van der Waals surface area contributed by atoms with Crippen LogP contribution in [0.1, 0.15) is 15.2 Å². The lowest BCUT2D eigenvalue weighted by Crippen LogP contribution is -2.24. The van der Waals surface area contributed by atoms with Crippen LogP contribution in [0.15, 0.2) is 30.3 Å². The Morgan fingerprint density at radius 1 is 1.20 bits per heavy atom. The lowest BCUT2D eigenvalue weighted by atomic mass is 10.1. The molecule has 9 heteroatoms. The fraction of sp³-hybridized carbons (Fsp3) is 0.250. The number of nitrogen functional groups attached to an aromatic ring is 1. The molecule has 5 nitrogen and oxygen atoms in total. The van der Waals surface area contributed by atoms with Crippen molar-refractivity contribution in [3.05, 3.63) is 40.8 Å². The number of nitrogens with two attached hydrogens (primary N) is 1. The van der Waals surface area contributed by atoms with Gasteiger partial charge in [0.15, 0.2) is 5.13 Å². The molecular formula is C16H20Cl2N4OS2. The van der Waals surface area contributed by atoms with Gasteiger partial charge in [-0.05, 0) is 30.2 Å². The van der Waals surface area contributed by atoms with Crippen molar-refractivity contribution in [1.82, 2.24) is 10.3 Å². The molecule has 0 bridgehead atoms. The molecular weight excluding hydrogens is 399 g/mol. The van der Waals surface area contributed by atoms with Crippen LogP contribution in [0.5, 0.6) is 0 Å². The zero-order valence-electron chi connectivity index (χ0n) is 13.8. The number of anilines is 2. The van der Waals surface area contributed by atoms with E-state index in [1.807, 2.05) is 49.3 Å². The first kappa shape index (κ1) is 21.5. The number of fused-ring (bicyclic) bond motifs is 1. The van der Waals surface area contributed by atoms with Gasteiger partial charge in [-0.25, -0.2) is 4.98 Å². The number of benzene rings is 1. The number of nitrogens with zero attached hydrogens (tertiary/aromatic N) is 2. The normalized spacial score (nSPS) is 10.0. The van der Waals surface area contributed by atoms with E-state index in [2.05, 4.69) is 10.3 Å². The van der Waals surface area contributed by atoms with Gasteiger partial charge in [0, 0.05) is 26.3 Å². The molecule has 136 valence electrons. The summed E-state index contributed by atoms with van der Waals surface area (Å²) >= 11 is 3.03. The van der Waals surface area contributed by atoms with Gasteiger partial charge in [0.05, 0.1) is 9.58 Å². The molecule has 0 aliphatic rings. The Morgan fingerprint density at radius 2 is 1.88 bits per heavy atom. The largest absolute Gasteiger partial charge is 0.399 e. The van der Waals surface area contributed by atoms with Gasteiger partial charge in [-0.2, -0.15) is 0 Å². The zero-order valence-corrected chi connectivity index (χ0v) is 17.1. The summed E-state index contributed by atoms with van der Waals surface area (Å²) in [6, 6.07) is 9.63. The number of rotatable bonds is 5. The maximum absolute atomic E-state index is 12.2. The molecule has 2 heterocycles. The molecule has 0 fully saturated rings. The van der Waals surface area contributed by atoms with Gasteiger partial charge < -0.3 is 16.0 Å². The Bertz CT molecular complexity index is 799. The number of carbonyl (C=O) groups is 1. The molecule has 0 aliphatic heterocycles. The van der Waals surface area contributed by atoms with E-state index in [0.29, 0.717) is 11.4 Å². The van der Waals surface area contributed by atoms with Crippen LogP contribution in [0.4, 0.5) is 10.8 Å². The van der Waals surface area contributed by atoms with Crippen molar-refractivity contribution in [3.8, 4) is 0 Å². The molecule has 0 unspecified atom stereocenters. The molecule has 0 saturated heterocycles. The van der Waals surface area contributed by atoms with Crippen molar-refractivity contribution in [1.29, 1.82) is 0 Å². The summed E-state index contributed by atoms with van der Waals surface area (Å²) in [5.74, 6) is -0.0398. The van der Waals surface area contributed by atoms with E-state index < -0.39 is 0 Å². The van der Waals surface area contributed by atoms with E-state index in [4.69, 9.17) is 5.73 Å². The van der Waals surface area contributed by atoms with Crippen molar-refractivity contribution in [2.24, 2.45) is 0 Å². The zero-order chi connectivity index (χ0) is 16.4. The van der Waals surface area contributed by atoms with E-state index in [-0.39, 0.29) is 30.7 Å². The molecule has 1 aromatic carbocycles. The average Bonchev–Trinajstić information content (AvgIpc) is 3.08. The van der Waals surface area contributed by atoms with Gasteiger partial charge in [-0.15, -0.1) is 36.2 Å². The van der Waals surface area contributed by atoms with Crippen molar-refractivity contribution >= 4 is 73.7 Å². The first-order valence-electron chi connectivity index (χ1n) is 7.23. The van der Waals surface area contributed by atoms with E-state index in [1.54, 1.807) is 11.3 Å². The van der Waals surface area contributed by atoms with Gasteiger partial charge in [-0.1, -0.05) is 23.5 Å². The summed E-state index contributed by atoms with van der Waals surface area (Å²) in [6.45, 7) is 0.602. The first-order chi connectivity index (χ1) is 11.0. The maximum Gasteiger partial charge on any atom is 0.261 e. The van der Waals surface area contributed by atoms with Gasteiger partial charge in [0.25, 0.3) is 5.91 Å². The standard InChI is InChI=1S/C16H18N4OS2.2ClH/c1-20(2)16-19-15-13(23-16)9-12(22-15)14(21)18-8-7-10-3-5-11(17)6-4-10;;/h3-6,9H,7-8,17H2,1-2H3,(H,18,21);2*1H. The number of thiazole rings is 1. The van der Waals surface area contributed by atoms with Crippen LogP contribution in [0.3, 0.4) is 0 Å². The van der Waals surface area contributed by atoms with Crippen LogP contribution in [0.25, 0.3) is 9.53 Å². The van der Waals surface area contributed by atoms with Gasteiger partial charge >= 0.3 is 0 Å². The van der Waals surface area contributed by atoms with Crippen LogP contribution in [-0.4, -0.2) is 31.5 Å². The molecule has 3 aromatic rings. The second-order valence-corrected chi connectivity index (χ2v) is 7.46. The SMILES string of the molecule is CN(C)c1nc2sc(C(=O)NCCc3ccc(N)cc3)cc2s1.Cl.Cl. The Kier molecular flexibility index (Phi) is 7.95. The van der Waals surface area contributed by atoms with Crippen molar-refractivity contribution in [2.75, 3.05) is 31.3 Å². The van der Waals surface area contributed by atoms with Gasteiger partial charge in [0.1, 0.15) is 4.83 Å². The number of hydrogen-bond donors (Lipinski definition) is 2. The van der Waals surface area contributed by atoms with E-state index in [0.717, 1.165) is 32.3 Å². The third kappa shape index (κ3) is 5.22. The molecule has 0 saturated carbocycles. The van der Waals surface area contributed by atoms with Crippen molar-refractivity contribution in [3.63, 3.8) is 0 Å². The monoisotopic (exact) mass is 418 g/mol. The lowest BCUT2D eigenvalue weighted by Gasteiger charge is -2.05. The predicted octanol–water partition coefficient (Wildman–Crippen LogP) is 3.82. The molecule has 0 aliphatic carbocycles. The number of aromatic nitrogens is 1. The third-order valence-electron chi connectivity index (χ3n) is 3.36. The average molecular weight is 419 g/mol. The third-order valence-corrected chi connectivity index (χ3v) is 5.69. The summed E-state index contributed by atoms with van der Waals surface area (Å²) in [5.41, 5.74) is 7.57. The molecule has 0 spiro atoms. The molecule has 0 atom stereocenters. The van der Waals surface area contributed by atoms with Gasteiger partial charge in [-0.3, -0.25) is 4.79 Å². The van der Waals surface area contributed by atoms with Crippen molar-refractivity contribution in [2.45, 2.75) is 6.42 Å². The summed E-state index contributed by atoms with van der Waals surface area (Å²) < 4.78 is 1.06. The Morgan fingerprint density at radius 3 is 2.48 bits per heavy atom. The molecule has 1 amide bonds. The quantitative estimate of drug-likeness (QED) is 0.617. The summed E-state index contributed by atoms with van der Waals surface area (Å²) in [7, 11) is 3.93. The van der Waals surface area contributed by atoms with Crippen LogP contribution >= 0.6 is 47.5 Å². The smallest absolute Gasteiger partial charge is 0.261 e. The fourth-order valence-corrected chi connectivity index (χ4v) is 4.17. The summed E-state index contributed by atoms with van der Waals surface area (Å²) in [6.07, 6.45) is 0.786. The van der Waals surface area contributed by atoms with Gasteiger partial charge in [0.2, 0.25) is 0 Å². The van der Waals surface area contributed by atoms with Crippen LogP contribution in [-0.2, 0) is 6.42 Å². The number of amides is 1. The minimum atomic E-state index is -0.0398. The molecule has 2 aromatic heterocycles. The highest BCUT2D eigenvalue weighted by Gasteiger charge is 2.14. The number of hydrogen-bond acceptors (Lipinski definition) is 6. The molecule has 3 rings (SSSR count). The van der Waals surface area contributed by atoms with E-state index in [1.165, 1.54) is 11.3 Å². The number of nitrogens with one attached hydrogen (secondary N) is 1. The Balaban J connectivity index is 0.00000156. The summed E-state index contributed by atoms with van der Waals surface area (Å²) in [4.78, 5) is 20.3. The fourth-order valence-electron chi connectivity index (χ4n) is 2.12.